The first-order chi connectivity index (χ1) is 10.4. The lowest BCUT2D eigenvalue weighted by Crippen LogP contribution is -2.51. The maximum absolute atomic E-state index is 12.5. The van der Waals surface area contributed by atoms with Crippen LogP contribution in [0.5, 0.6) is 0 Å². The van der Waals surface area contributed by atoms with Crippen molar-refractivity contribution < 1.29 is 17.9 Å². The average molecular weight is 332 g/mol. The summed E-state index contributed by atoms with van der Waals surface area (Å²) in [6.07, 6.45) is 4.72. The highest BCUT2D eigenvalue weighted by molar-refractivity contribution is 7.91. The average Bonchev–Trinajstić information content (AvgIpc) is 2.78. The minimum atomic E-state index is -2.96. The van der Waals surface area contributed by atoms with Crippen LogP contribution in [-0.2, 0) is 14.6 Å². The van der Waals surface area contributed by atoms with Crippen LogP contribution < -0.4 is 5.32 Å². The second kappa shape index (κ2) is 7.64. The van der Waals surface area contributed by atoms with Gasteiger partial charge in [-0.15, -0.1) is 0 Å². The van der Waals surface area contributed by atoms with Gasteiger partial charge in [0.15, 0.2) is 9.84 Å². The molecule has 0 aromatic rings. The first-order valence-electron chi connectivity index (χ1n) is 8.26. The number of sulfone groups is 1. The van der Waals surface area contributed by atoms with E-state index in [1.807, 2.05) is 18.7 Å². The molecule has 6 nitrogen and oxygen atoms in total. The molecule has 2 amide bonds. The molecule has 0 aromatic heterocycles. The summed E-state index contributed by atoms with van der Waals surface area (Å²) in [6.45, 7) is 5.42. The van der Waals surface area contributed by atoms with Crippen molar-refractivity contribution >= 4 is 15.9 Å². The fraction of sp³-hybridized carbons (Fsp3) is 0.933. The van der Waals surface area contributed by atoms with Gasteiger partial charge >= 0.3 is 6.03 Å². The molecule has 0 spiro atoms. The Morgan fingerprint density at radius 1 is 1.32 bits per heavy atom. The number of ether oxygens (including phenoxy) is 1. The second-order valence-electron chi connectivity index (χ2n) is 6.60. The van der Waals surface area contributed by atoms with Gasteiger partial charge in [-0.3, -0.25) is 0 Å². The predicted octanol–water partition coefficient (Wildman–Crippen LogP) is 1.55. The Hall–Kier alpha value is -0.820. The maximum Gasteiger partial charge on any atom is 0.317 e. The second-order valence-corrected chi connectivity index (χ2v) is 8.83. The first-order valence-corrected chi connectivity index (χ1v) is 10.1. The minimum Gasteiger partial charge on any atom is -0.379 e. The standard InChI is InChI=1S/C15H28N2O4S/c1-12(2)21-9-6-14-5-3-4-8-17(14)15(18)16-13-7-10-22(19,20)11-13/h12-14H,3-11H2,1-2H3,(H,16,18)/t13-,14+/m0/s1. The van der Waals surface area contributed by atoms with E-state index in [4.69, 9.17) is 4.74 Å². The number of carbonyl (C=O) groups is 1. The molecule has 1 N–H and O–H groups in total. The Bertz CT molecular complexity index is 478. The normalized spacial score (nSPS) is 28.0. The number of nitrogens with zero attached hydrogens (tertiary/aromatic N) is 1. The Morgan fingerprint density at radius 3 is 2.73 bits per heavy atom. The topological polar surface area (TPSA) is 75.7 Å². The summed E-state index contributed by atoms with van der Waals surface area (Å²) < 4.78 is 28.6. The van der Waals surface area contributed by atoms with E-state index in [0.717, 1.165) is 32.2 Å². The third-order valence-electron chi connectivity index (χ3n) is 4.35. The zero-order valence-electron chi connectivity index (χ0n) is 13.6. The summed E-state index contributed by atoms with van der Waals surface area (Å²) in [5.74, 6) is 0.261. The van der Waals surface area contributed by atoms with Gasteiger partial charge in [-0.2, -0.15) is 0 Å². The largest absolute Gasteiger partial charge is 0.379 e. The molecule has 2 saturated heterocycles. The van der Waals surface area contributed by atoms with Crippen LogP contribution in [-0.4, -0.2) is 62.2 Å². The molecule has 2 fully saturated rings. The molecule has 7 heteroatoms. The van der Waals surface area contributed by atoms with E-state index in [2.05, 4.69) is 5.32 Å². The van der Waals surface area contributed by atoms with E-state index >= 15 is 0 Å². The van der Waals surface area contributed by atoms with E-state index in [-0.39, 0.29) is 35.7 Å². The Labute approximate surface area is 133 Å². The van der Waals surface area contributed by atoms with Gasteiger partial charge in [0, 0.05) is 25.2 Å². The number of rotatable bonds is 5. The number of carbonyl (C=O) groups excluding carboxylic acids is 1. The lowest BCUT2D eigenvalue weighted by Gasteiger charge is -2.36. The highest BCUT2D eigenvalue weighted by Crippen LogP contribution is 2.21. The van der Waals surface area contributed by atoms with Crippen LogP contribution >= 0.6 is 0 Å². The van der Waals surface area contributed by atoms with Crippen molar-refractivity contribution in [2.45, 2.75) is 64.1 Å². The molecule has 2 atom stereocenters. The third kappa shape index (κ3) is 5.12. The SMILES string of the molecule is CC(C)OCC[C@H]1CCCCN1C(=O)N[C@H]1CCS(=O)(=O)C1. The number of likely N-dealkylation sites (tertiary alicyclic amines) is 1. The van der Waals surface area contributed by atoms with Gasteiger partial charge in [-0.25, -0.2) is 13.2 Å². The van der Waals surface area contributed by atoms with E-state index < -0.39 is 9.84 Å². The van der Waals surface area contributed by atoms with Gasteiger partial charge in [0.25, 0.3) is 0 Å². The molecule has 2 heterocycles. The molecule has 0 aromatic carbocycles. The summed E-state index contributed by atoms with van der Waals surface area (Å²) in [5.41, 5.74) is 0. The van der Waals surface area contributed by atoms with Gasteiger partial charge in [-0.05, 0) is 46.0 Å². The van der Waals surface area contributed by atoms with Gasteiger partial charge in [0.05, 0.1) is 17.6 Å². The van der Waals surface area contributed by atoms with Crippen molar-refractivity contribution in [3.05, 3.63) is 0 Å². The quantitative estimate of drug-likeness (QED) is 0.829. The van der Waals surface area contributed by atoms with E-state index in [9.17, 15) is 13.2 Å². The summed E-state index contributed by atoms with van der Waals surface area (Å²) in [5, 5.41) is 2.90. The van der Waals surface area contributed by atoms with Crippen molar-refractivity contribution in [3.8, 4) is 0 Å². The third-order valence-corrected chi connectivity index (χ3v) is 6.12. The Morgan fingerprint density at radius 2 is 2.09 bits per heavy atom. The van der Waals surface area contributed by atoms with Gasteiger partial charge < -0.3 is 15.0 Å². The van der Waals surface area contributed by atoms with E-state index in [1.165, 1.54) is 0 Å². The van der Waals surface area contributed by atoms with Crippen LogP contribution in [0.1, 0.15) is 46.0 Å². The lowest BCUT2D eigenvalue weighted by atomic mass is 10.00. The number of piperidine rings is 1. The van der Waals surface area contributed by atoms with Crippen molar-refractivity contribution in [2.24, 2.45) is 0 Å². The smallest absolute Gasteiger partial charge is 0.317 e. The molecular formula is C15H28N2O4S. The van der Waals surface area contributed by atoms with Crippen molar-refractivity contribution in [3.63, 3.8) is 0 Å². The zero-order chi connectivity index (χ0) is 16.2. The van der Waals surface area contributed by atoms with Crippen LogP contribution in [0.3, 0.4) is 0 Å². The monoisotopic (exact) mass is 332 g/mol. The molecule has 2 aliphatic heterocycles. The highest BCUT2D eigenvalue weighted by atomic mass is 32.2. The van der Waals surface area contributed by atoms with Crippen molar-refractivity contribution in [1.82, 2.24) is 10.2 Å². The van der Waals surface area contributed by atoms with Gasteiger partial charge in [-0.1, -0.05) is 0 Å². The van der Waals surface area contributed by atoms with Gasteiger partial charge in [0.2, 0.25) is 0 Å². The van der Waals surface area contributed by atoms with E-state index in [1.54, 1.807) is 0 Å². The number of nitrogens with one attached hydrogen (secondary N) is 1. The molecule has 0 bridgehead atoms. The summed E-state index contributed by atoms with van der Waals surface area (Å²) in [7, 11) is -2.96. The fourth-order valence-corrected chi connectivity index (χ4v) is 4.85. The zero-order valence-corrected chi connectivity index (χ0v) is 14.4. The van der Waals surface area contributed by atoms with Gasteiger partial charge in [0.1, 0.15) is 0 Å². The van der Waals surface area contributed by atoms with Crippen LogP contribution in [0.4, 0.5) is 4.79 Å². The Kier molecular flexibility index (Phi) is 6.09. The molecule has 0 radical (unpaired) electrons. The highest BCUT2D eigenvalue weighted by Gasteiger charge is 2.32. The molecule has 0 unspecified atom stereocenters. The van der Waals surface area contributed by atoms with Crippen LogP contribution in [0, 0.1) is 0 Å². The lowest BCUT2D eigenvalue weighted by molar-refractivity contribution is 0.0551. The van der Waals surface area contributed by atoms with E-state index in [0.29, 0.717) is 13.0 Å². The molecule has 2 aliphatic rings. The maximum atomic E-state index is 12.5. The number of urea groups is 1. The predicted molar refractivity (Wildman–Crippen MR) is 85.6 cm³/mol. The summed E-state index contributed by atoms with van der Waals surface area (Å²) in [6, 6.07) is -0.145. The van der Waals surface area contributed by atoms with Crippen molar-refractivity contribution in [1.29, 1.82) is 0 Å². The van der Waals surface area contributed by atoms with Crippen LogP contribution in [0.25, 0.3) is 0 Å². The first kappa shape index (κ1) is 17.5. The fourth-order valence-electron chi connectivity index (χ4n) is 3.17. The molecule has 128 valence electrons. The molecule has 0 aliphatic carbocycles. The Balaban J connectivity index is 1.85. The van der Waals surface area contributed by atoms with Crippen LogP contribution in [0.2, 0.25) is 0 Å². The number of hydrogen-bond donors (Lipinski definition) is 1. The molecule has 22 heavy (non-hydrogen) atoms. The number of amides is 2. The number of hydrogen-bond acceptors (Lipinski definition) is 4. The molecule has 0 saturated carbocycles. The van der Waals surface area contributed by atoms with Crippen molar-refractivity contribution in [2.75, 3.05) is 24.7 Å². The minimum absolute atomic E-state index is 0.0771. The summed E-state index contributed by atoms with van der Waals surface area (Å²) >= 11 is 0. The molecule has 2 rings (SSSR count). The van der Waals surface area contributed by atoms with Crippen LogP contribution in [0.15, 0.2) is 0 Å². The molecular weight excluding hydrogens is 304 g/mol. The summed E-state index contributed by atoms with van der Waals surface area (Å²) in [4.78, 5) is 14.3.